The van der Waals surface area contributed by atoms with Gasteiger partial charge in [0.2, 0.25) is 11.8 Å². The summed E-state index contributed by atoms with van der Waals surface area (Å²) in [5.74, 6) is -1.69. The number of benzene rings is 3. The Bertz CT molecular complexity index is 1210. The number of carboxylic acids is 1. The first-order chi connectivity index (χ1) is 16.5. The molecule has 3 aromatic rings. The Morgan fingerprint density at radius 1 is 0.941 bits per heavy atom. The van der Waals surface area contributed by atoms with Crippen molar-refractivity contribution in [3.8, 4) is 0 Å². The van der Waals surface area contributed by atoms with E-state index in [1.165, 1.54) is 11.8 Å². The first kappa shape index (κ1) is 23.7. The molecule has 1 aliphatic rings. The second-order valence-corrected chi connectivity index (χ2v) is 9.77. The zero-order valence-corrected chi connectivity index (χ0v) is 19.9. The maximum atomic E-state index is 13.8. The lowest BCUT2D eigenvalue weighted by molar-refractivity contribution is -0.131. The Morgan fingerprint density at radius 2 is 1.53 bits per heavy atom. The maximum absolute atomic E-state index is 13.8. The van der Waals surface area contributed by atoms with Crippen LogP contribution in [0.1, 0.15) is 13.3 Å². The number of carboxylic acid groups (broad SMARTS) is 1. The molecular weight excluding hydrogens is 468 g/mol. The number of nitrogens with zero attached hydrogens (tertiary/aromatic N) is 1. The van der Waals surface area contributed by atoms with Crippen LogP contribution in [-0.4, -0.2) is 28.1 Å². The minimum Gasteiger partial charge on any atom is -0.478 e. The van der Waals surface area contributed by atoms with E-state index in [4.69, 9.17) is 5.11 Å². The number of para-hydroxylation sites is 2. The van der Waals surface area contributed by atoms with Crippen molar-refractivity contribution in [2.45, 2.75) is 33.3 Å². The molecule has 0 aliphatic carbocycles. The zero-order valence-electron chi connectivity index (χ0n) is 18.3. The van der Waals surface area contributed by atoms with Crippen molar-refractivity contribution in [2.75, 3.05) is 10.2 Å². The molecule has 34 heavy (non-hydrogen) atoms. The Balaban J connectivity index is 1.52. The summed E-state index contributed by atoms with van der Waals surface area (Å²) >= 11 is 3.14. The Kier molecular flexibility index (Phi) is 7.40. The third kappa shape index (κ3) is 5.35. The minimum absolute atomic E-state index is 0.0175. The van der Waals surface area contributed by atoms with E-state index < -0.39 is 11.9 Å². The zero-order chi connectivity index (χ0) is 24.1. The van der Waals surface area contributed by atoms with Crippen molar-refractivity contribution in [3.05, 3.63) is 84.9 Å². The summed E-state index contributed by atoms with van der Waals surface area (Å²) in [6.07, 6.45) is 2.39. The molecule has 172 valence electrons. The number of aliphatic carboxylic acids is 1. The molecule has 2 amide bonds. The maximum Gasteiger partial charge on any atom is 0.328 e. The molecule has 0 spiro atoms. The van der Waals surface area contributed by atoms with Gasteiger partial charge in [-0.25, -0.2) is 4.79 Å². The topological polar surface area (TPSA) is 86.7 Å². The molecule has 0 saturated heterocycles. The summed E-state index contributed by atoms with van der Waals surface area (Å²) in [6, 6.07) is 23.0. The standard InChI is InChI=1S/C26H22N2O4S2/c1-2-21(33-18-13-11-17(12-14-18)27-24(29)15-16-25(30)31)26(32)28-19-7-3-5-9-22(19)34-23-10-6-4-8-20(23)28/h3-16,21H,2H2,1H3,(H,27,29)(H,30,31)/b16-15+. The number of carbonyl (C=O) groups is 3. The summed E-state index contributed by atoms with van der Waals surface area (Å²) in [7, 11) is 0. The summed E-state index contributed by atoms with van der Waals surface area (Å²) < 4.78 is 0. The fraction of sp³-hybridized carbons (Fsp3) is 0.115. The molecule has 4 rings (SSSR count). The fourth-order valence-corrected chi connectivity index (χ4v) is 5.56. The molecule has 0 bridgehead atoms. The molecule has 1 aliphatic heterocycles. The molecule has 1 unspecified atom stereocenters. The van der Waals surface area contributed by atoms with Gasteiger partial charge in [-0.2, -0.15) is 0 Å². The van der Waals surface area contributed by atoms with Gasteiger partial charge in [0.05, 0.1) is 16.6 Å². The Labute approximate surface area is 206 Å². The lowest BCUT2D eigenvalue weighted by atomic mass is 10.2. The molecule has 0 saturated carbocycles. The van der Waals surface area contributed by atoms with Gasteiger partial charge in [-0.1, -0.05) is 43.0 Å². The summed E-state index contributed by atoms with van der Waals surface area (Å²) in [5.41, 5.74) is 2.32. The van der Waals surface area contributed by atoms with Crippen LogP contribution in [0.3, 0.4) is 0 Å². The van der Waals surface area contributed by atoms with Crippen LogP contribution in [0.4, 0.5) is 17.1 Å². The van der Waals surface area contributed by atoms with Crippen LogP contribution in [-0.2, 0) is 14.4 Å². The normalized spacial score (nSPS) is 13.1. The van der Waals surface area contributed by atoms with Gasteiger partial charge >= 0.3 is 5.97 Å². The second-order valence-electron chi connectivity index (χ2n) is 7.41. The molecule has 0 aromatic heterocycles. The van der Waals surface area contributed by atoms with E-state index >= 15 is 0 Å². The van der Waals surface area contributed by atoms with E-state index in [9.17, 15) is 14.4 Å². The van der Waals surface area contributed by atoms with Crippen molar-refractivity contribution in [2.24, 2.45) is 0 Å². The monoisotopic (exact) mass is 490 g/mol. The number of thioether (sulfide) groups is 1. The quantitative estimate of drug-likeness (QED) is 0.314. The molecule has 2 N–H and O–H groups in total. The molecule has 1 atom stereocenters. The number of carbonyl (C=O) groups excluding carboxylic acids is 2. The molecule has 1 heterocycles. The first-order valence-electron chi connectivity index (χ1n) is 10.6. The number of fused-ring (bicyclic) bond motifs is 2. The number of hydrogen-bond donors (Lipinski definition) is 2. The van der Waals surface area contributed by atoms with Gasteiger partial charge in [0.15, 0.2) is 0 Å². The van der Waals surface area contributed by atoms with Crippen LogP contribution in [0.5, 0.6) is 0 Å². The van der Waals surface area contributed by atoms with Crippen molar-refractivity contribution in [1.82, 2.24) is 0 Å². The van der Waals surface area contributed by atoms with Gasteiger partial charge in [0.1, 0.15) is 0 Å². The Hall–Kier alpha value is -3.49. The summed E-state index contributed by atoms with van der Waals surface area (Å²) in [5, 5.41) is 10.9. The van der Waals surface area contributed by atoms with E-state index in [1.54, 1.807) is 23.9 Å². The van der Waals surface area contributed by atoms with Crippen molar-refractivity contribution >= 4 is 58.4 Å². The van der Waals surface area contributed by atoms with Crippen LogP contribution in [0.25, 0.3) is 0 Å². The first-order valence-corrected chi connectivity index (χ1v) is 12.3. The Morgan fingerprint density at radius 3 is 2.09 bits per heavy atom. The highest BCUT2D eigenvalue weighted by molar-refractivity contribution is 8.00. The van der Waals surface area contributed by atoms with Crippen LogP contribution in [0, 0.1) is 0 Å². The predicted molar refractivity (Wildman–Crippen MR) is 136 cm³/mol. The van der Waals surface area contributed by atoms with Gasteiger partial charge in [0, 0.05) is 32.5 Å². The summed E-state index contributed by atoms with van der Waals surface area (Å²) in [4.78, 5) is 40.9. The van der Waals surface area contributed by atoms with Crippen molar-refractivity contribution in [3.63, 3.8) is 0 Å². The van der Waals surface area contributed by atoms with Gasteiger partial charge in [-0.05, 0) is 55.0 Å². The highest BCUT2D eigenvalue weighted by Crippen LogP contribution is 2.48. The van der Waals surface area contributed by atoms with Crippen molar-refractivity contribution in [1.29, 1.82) is 0 Å². The van der Waals surface area contributed by atoms with E-state index in [0.717, 1.165) is 38.2 Å². The molecule has 0 radical (unpaired) electrons. The average molecular weight is 491 g/mol. The summed E-state index contributed by atoms with van der Waals surface area (Å²) in [6.45, 7) is 2.00. The lowest BCUT2D eigenvalue weighted by Gasteiger charge is -2.33. The highest BCUT2D eigenvalue weighted by atomic mass is 32.2. The third-order valence-electron chi connectivity index (χ3n) is 5.08. The van der Waals surface area contributed by atoms with Gasteiger partial charge in [0.25, 0.3) is 0 Å². The molecule has 8 heteroatoms. The lowest BCUT2D eigenvalue weighted by Crippen LogP contribution is -2.35. The van der Waals surface area contributed by atoms with Crippen LogP contribution in [0.2, 0.25) is 0 Å². The van der Waals surface area contributed by atoms with Gasteiger partial charge in [-0.15, -0.1) is 11.8 Å². The number of amides is 2. The van der Waals surface area contributed by atoms with E-state index in [1.807, 2.05) is 72.5 Å². The van der Waals surface area contributed by atoms with Gasteiger partial charge in [-0.3, -0.25) is 14.5 Å². The van der Waals surface area contributed by atoms with Crippen LogP contribution >= 0.6 is 23.5 Å². The third-order valence-corrected chi connectivity index (χ3v) is 7.57. The molecule has 6 nitrogen and oxygen atoms in total. The smallest absolute Gasteiger partial charge is 0.328 e. The highest BCUT2D eigenvalue weighted by Gasteiger charge is 2.32. The fourth-order valence-electron chi connectivity index (χ4n) is 3.51. The van der Waals surface area contributed by atoms with Crippen molar-refractivity contribution < 1.29 is 19.5 Å². The molecular formula is C26H22N2O4S2. The second kappa shape index (κ2) is 10.6. The van der Waals surface area contributed by atoms with E-state index in [-0.39, 0.29) is 11.2 Å². The number of anilines is 3. The molecule has 0 fully saturated rings. The average Bonchev–Trinajstić information content (AvgIpc) is 2.85. The predicted octanol–water partition coefficient (Wildman–Crippen LogP) is 5.97. The van der Waals surface area contributed by atoms with Gasteiger partial charge < -0.3 is 10.4 Å². The van der Waals surface area contributed by atoms with Crippen LogP contribution in [0.15, 0.2) is 99.6 Å². The minimum atomic E-state index is -1.19. The van der Waals surface area contributed by atoms with Crippen LogP contribution < -0.4 is 10.2 Å². The SMILES string of the molecule is CCC(Sc1ccc(NC(=O)/C=C/C(=O)O)cc1)C(=O)N1c2ccccc2Sc2ccccc21. The number of nitrogens with one attached hydrogen (secondary N) is 1. The largest absolute Gasteiger partial charge is 0.478 e. The number of rotatable bonds is 7. The van der Waals surface area contributed by atoms with E-state index in [0.29, 0.717) is 12.1 Å². The molecule has 3 aromatic carbocycles. The van der Waals surface area contributed by atoms with E-state index in [2.05, 4.69) is 5.32 Å². The number of hydrogen-bond acceptors (Lipinski definition) is 5.